The Morgan fingerprint density at radius 2 is 2.21 bits per heavy atom. The number of carbonyl (C=O) groups is 1. The van der Waals surface area contributed by atoms with E-state index in [0.29, 0.717) is 22.0 Å². The van der Waals surface area contributed by atoms with E-state index in [2.05, 4.69) is 15.3 Å². The van der Waals surface area contributed by atoms with Crippen molar-refractivity contribution >= 4 is 34.5 Å². The van der Waals surface area contributed by atoms with Crippen molar-refractivity contribution in [3.05, 3.63) is 64.3 Å². The topological polar surface area (TPSA) is 78.7 Å². The van der Waals surface area contributed by atoms with Crippen molar-refractivity contribution in [3.63, 3.8) is 0 Å². The molecule has 0 fully saturated rings. The molecule has 0 radical (unpaired) electrons. The molecule has 118 valence electrons. The second kappa shape index (κ2) is 7.21. The summed E-state index contributed by atoms with van der Waals surface area (Å²) in [5.74, 6) is -0.200. The molecule has 0 bridgehead atoms. The molecule has 1 N–H and O–H groups in total. The summed E-state index contributed by atoms with van der Waals surface area (Å²) >= 11 is 7.40. The van der Waals surface area contributed by atoms with Crippen molar-refractivity contribution in [1.29, 1.82) is 5.26 Å². The Kier molecular flexibility index (Phi) is 4.85. The number of nitrogens with zero attached hydrogens (tertiary/aromatic N) is 3. The van der Waals surface area contributed by atoms with Crippen LogP contribution in [0.1, 0.15) is 11.3 Å². The van der Waals surface area contributed by atoms with Crippen molar-refractivity contribution in [2.45, 2.75) is 6.42 Å². The number of thiazole rings is 1. The smallest absolute Gasteiger partial charge is 0.230 e. The standard InChI is InChI=1S/C17H11ClN4OS/c18-14-7-12(5-4-11(14)9-19)21-16(23)8-13-10-24-17(22-13)15-3-1-2-6-20-15/h1-7,10H,8H2,(H,21,23). The van der Waals surface area contributed by atoms with Crippen LogP contribution in [0, 0.1) is 11.3 Å². The van der Waals surface area contributed by atoms with Crippen LogP contribution in [-0.2, 0) is 11.2 Å². The second-order valence-electron chi connectivity index (χ2n) is 4.89. The lowest BCUT2D eigenvalue weighted by atomic mass is 10.2. The average molecular weight is 355 g/mol. The number of hydrogen-bond donors (Lipinski definition) is 1. The lowest BCUT2D eigenvalue weighted by Gasteiger charge is -2.05. The van der Waals surface area contributed by atoms with E-state index in [1.807, 2.05) is 29.6 Å². The zero-order chi connectivity index (χ0) is 16.9. The molecule has 1 amide bonds. The molecule has 3 rings (SSSR count). The van der Waals surface area contributed by atoms with Gasteiger partial charge >= 0.3 is 0 Å². The van der Waals surface area contributed by atoms with Crippen LogP contribution in [-0.4, -0.2) is 15.9 Å². The number of nitriles is 1. The van der Waals surface area contributed by atoms with Gasteiger partial charge in [0.05, 0.1) is 28.4 Å². The minimum absolute atomic E-state index is 0.154. The van der Waals surface area contributed by atoms with Gasteiger partial charge in [0.15, 0.2) is 0 Å². The van der Waals surface area contributed by atoms with E-state index in [-0.39, 0.29) is 12.3 Å². The first-order chi connectivity index (χ1) is 11.7. The summed E-state index contributed by atoms with van der Waals surface area (Å²) in [6, 6.07) is 12.4. The second-order valence-corrected chi connectivity index (χ2v) is 6.16. The summed E-state index contributed by atoms with van der Waals surface area (Å²) in [6.07, 6.45) is 1.86. The molecule has 0 aliphatic heterocycles. The van der Waals surface area contributed by atoms with Crippen LogP contribution in [0.4, 0.5) is 5.69 Å². The highest BCUT2D eigenvalue weighted by atomic mass is 35.5. The third kappa shape index (κ3) is 3.77. The molecule has 7 heteroatoms. The zero-order valence-electron chi connectivity index (χ0n) is 12.4. The van der Waals surface area contributed by atoms with Gasteiger partial charge in [-0.05, 0) is 30.3 Å². The number of hydrogen-bond acceptors (Lipinski definition) is 5. The maximum atomic E-state index is 12.1. The van der Waals surface area contributed by atoms with Gasteiger partial charge < -0.3 is 5.32 Å². The first-order valence-corrected chi connectivity index (χ1v) is 8.27. The summed E-state index contributed by atoms with van der Waals surface area (Å²) < 4.78 is 0. The predicted molar refractivity (Wildman–Crippen MR) is 93.8 cm³/mol. The Labute approximate surface area is 147 Å². The molecular formula is C17H11ClN4OS. The van der Waals surface area contributed by atoms with Gasteiger partial charge in [-0.2, -0.15) is 5.26 Å². The number of aromatic nitrogens is 2. The number of nitrogens with one attached hydrogen (secondary N) is 1. The molecule has 0 atom stereocenters. The van der Waals surface area contributed by atoms with E-state index in [1.54, 1.807) is 24.4 Å². The molecular weight excluding hydrogens is 344 g/mol. The van der Waals surface area contributed by atoms with Crippen LogP contribution in [0.2, 0.25) is 5.02 Å². The molecule has 0 spiro atoms. The fraction of sp³-hybridized carbons (Fsp3) is 0.0588. The highest BCUT2D eigenvalue weighted by Crippen LogP contribution is 2.23. The lowest BCUT2D eigenvalue weighted by molar-refractivity contribution is -0.115. The minimum Gasteiger partial charge on any atom is -0.326 e. The number of pyridine rings is 1. The summed E-state index contributed by atoms with van der Waals surface area (Å²) in [4.78, 5) is 20.8. The van der Waals surface area contributed by atoms with Crippen LogP contribution in [0.3, 0.4) is 0 Å². The van der Waals surface area contributed by atoms with Gasteiger partial charge in [0.1, 0.15) is 11.1 Å². The first-order valence-electron chi connectivity index (χ1n) is 7.01. The highest BCUT2D eigenvalue weighted by Gasteiger charge is 2.10. The fourth-order valence-electron chi connectivity index (χ4n) is 2.05. The van der Waals surface area contributed by atoms with Gasteiger partial charge in [-0.3, -0.25) is 9.78 Å². The Hall–Kier alpha value is -2.75. The molecule has 0 aliphatic rings. The van der Waals surface area contributed by atoms with Gasteiger partial charge in [-0.15, -0.1) is 11.3 Å². The van der Waals surface area contributed by atoms with Gasteiger partial charge in [0.2, 0.25) is 5.91 Å². The molecule has 0 saturated carbocycles. The van der Waals surface area contributed by atoms with E-state index in [4.69, 9.17) is 16.9 Å². The molecule has 1 aromatic carbocycles. The first kappa shape index (κ1) is 16.1. The van der Waals surface area contributed by atoms with E-state index in [0.717, 1.165) is 10.7 Å². The molecule has 24 heavy (non-hydrogen) atoms. The largest absolute Gasteiger partial charge is 0.326 e. The molecule has 5 nitrogen and oxygen atoms in total. The Morgan fingerprint density at radius 1 is 1.33 bits per heavy atom. The van der Waals surface area contributed by atoms with Crippen LogP contribution in [0.5, 0.6) is 0 Å². The summed E-state index contributed by atoms with van der Waals surface area (Å²) in [5.41, 5.74) is 2.38. The number of benzene rings is 1. The van der Waals surface area contributed by atoms with E-state index in [1.165, 1.54) is 11.3 Å². The molecule has 2 heterocycles. The predicted octanol–water partition coefficient (Wildman–Crippen LogP) is 3.91. The normalized spacial score (nSPS) is 10.2. The van der Waals surface area contributed by atoms with Gasteiger partial charge in [0, 0.05) is 17.3 Å². The minimum atomic E-state index is -0.200. The van der Waals surface area contributed by atoms with Crippen molar-refractivity contribution in [2.75, 3.05) is 5.32 Å². The monoisotopic (exact) mass is 354 g/mol. The van der Waals surface area contributed by atoms with Crippen molar-refractivity contribution in [3.8, 4) is 16.8 Å². The van der Waals surface area contributed by atoms with Crippen LogP contribution >= 0.6 is 22.9 Å². The van der Waals surface area contributed by atoms with Crippen molar-refractivity contribution in [1.82, 2.24) is 9.97 Å². The summed E-state index contributed by atoms with van der Waals surface area (Å²) in [5, 5.41) is 14.5. The van der Waals surface area contributed by atoms with Crippen molar-refractivity contribution < 1.29 is 4.79 Å². The van der Waals surface area contributed by atoms with E-state index in [9.17, 15) is 4.79 Å². The van der Waals surface area contributed by atoms with Crippen LogP contribution < -0.4 is 5.32 Å². The molecule has 0 aliphatic carbocycles. The molecule has 3 aromatic rings. The third-order valence-corrected chi connectivity index (χ3v) is 4.38. The SMILES string of the molecule is N#Cc1ccc(NC(=O)Cc2csc(-c3ccccn3)n2)cc1Cl. The number of halogens is 1. The molecule has 2 aromatic heterocycles. The number of rotatable bonds is 4. The maximum absolute atomic E-state index is 12.1. The Balaban J connectivity index is 1.66. The molecule has 0 saturated heterocycles. The zero-order valence-corrected chi connectivity index (χ0v) is 13.9. The lowest BCUT2D eigenvalue weighted by Crippen LogP contribution is -2.14. The number of anilines is 1. The highest BCUT2D eigenvalue weighted by molar-refractivity contribution is 7.13. The van der Waals surface area contributed by atoms with Gasteiger partial charge in [-0.25, -0.2) is 4.98 Å². The summed E-state index contributed by atoms with van der Waals surface area (Å²) in [6.45, 7) is 0. The Bertz CT molecular complexity index is 918. The molecule has 0 unspecified atom stereocenters. The van der Waals surface area contributed by atoms with E-state index >= 15 is 0 Å². The van der Waals surface area contributed by atoms with Crippen molar-refractivity contribution in [2.24, 2.45) is 0 Å². The summed E-state index contributed by atoms with van der Waals surface area (Å²) in [7, 11) is 0. The van der Waals surface area contributed by atoms with Crippen LogP contribution in [0.25, 0.3) is 10.7 Å². The van der Waals surface area contributed by atoms with Gasteiger partial charge in [0.25, 0.3) is 0 Å². The van der Waals surface area contributed by atoms with E-state index < -0.39 is 0 Å². The quantitative estimate of drug-likeness (QED) is 0.770. The fourth-order valence-corrected chi connectivity index (χ4v) is 3.07. The Morgan fingerprint density at radius 3 is 2.92 bits per heavy atom. The third-order valence-electron chi connectivity index (χ3n) is 3.15. The maximum Gasteiger partial charge on any atom is 0.230 e. The average Bonchev–Trinajstić information content (AvgIpc) is 3.04. The number of amides is 1. The van der Waals surface area contributed by atoms with Crippen LogP contribution in [0.15, 0.2) is 48.0 Å². The van der Waals surface area contributed by atoms with Gasteiger partial charge in [-0.1, -0.05) is 17.7 Å². The number of carbonyl (C=O) groups excluding carboxylic acids is 1.